The van der Waals surface area contributed by atoms with Gasteiger partial charge in [-0.15, -0.1) is 0 Å². The molecule has 1 saturated carbocycles. The molecule has 4 rings (SSSR count). The molecule has 0 N–H and O–H groups in total. The summed E-state index contributed by atoms with van der Waals surface area (Å²) in [7, 11) is 0. The van der Waals surface area contributed by atoms with Crippen LogP contribution in [0, 0.1) is 27.7 Å². The van der Waals surface area contributed by atoms with Gasteiger partial charge in [0.15, 0.2) is 11.6 Å². The highest BCUT2D eigenvalue weighted by atomic mass is 16.5. The minimum Gasteiger partial charge on any atom is -0.361 e. The number of benzene rings is 1. The van der Waals surface area contributed by atoms with Crippen LogP contribution in [0.1, 0.15) is 47.2 Å². The molecule has 1 aliphatic rings. The van der Waals surface area contributed by atoms with E-state index in [9.17, 15) is 0 Å². The molecule has 0 amide bonds. The van der Waals surface area contributed by atoms with Crippen molar-refractivity contribution < 1.29 is 4.52 Å². The molecule has 1 aromatic carbocycles. The highest BCUT2D eigenvalue weighted by molar-refractivity contribution is 5.63. The van der Waals surface area contributed by atoms with Crippen molar-refractivity contribution in [3.8, 4) is 17.1 Å². The molecule has 2 heterocycles. The van der Waals surface area contributed by atoms with Crippen molar-refractivity contribution in [2.24, 2.45) is 0 Å². The van der Waals surface area contributed by atoms with E-state index in [1.165, 1.54) is 24.0 Å². The van der Waals surface area contributed by atoms with Crippen molar-refractivity contribution in [3.63, 3.8) is 0 Å². The zero-order valence-electron chi connectivity index (χ0n) is 13.9. The fraction of sp³-hybridized carbons (Fsp3) is 0.389. The second-order valence-corrected chi connectivity index (χ2v) is 6.47. The van der Waals surface area contributed by atoms with Crippen LogP contribution in [0.15, 0.2) is 22.7 Å². The Kier molecular flexibility index (Phi) is 3.11. The second-order valence-electron chi connectivity index (χ2n) is 6.47. The Morgan fingerprint density at radius 2 is 1.91 bits per heavy atom. The highest BCUT2D eigenvalue weighted by Gasteiger charge is 2.31. The van der Waals surface area contributed by atoms with Crippen LogP contribution >= 0.6 is 0 Å². The third-order valence-corrected chi connectivity index (χ3v) is 4.40. The van der Waals surface area contributed by atoms with Crippen molar-refractivity contribution in [2.45, 2.75) is 46.5 Å². The smallest absolute Gasteiger partial charge is 0.168 e. The van der Waals surface area contributed by atoms with Gasteiger partial charge in [-0.25, -0.2) is 9.67 Å². The molecule has 118 valence electrons. The largest absolute Gasteiger partial charge is 0.361 e. The molecule has 2 aromatic heterocycles. The first kappa shape index (κ1) is 14.2. The first-order chi connectivity index (χ1) is 11.0. The maximum Gasteiger partial charge on any atom is 0.168 e. The summed E-state index contributed by atoms with van der Waals surface area (Å²) < 4.78 is 7.30. The van der Waals surface area contributed by atoms with Crippen molar-refractivity contribution >= 4 is 0 Å². The summed E-state index contributed by atoms with van der Waals surface area (Å²) in [5.74, 6) is 3.04. The molecule has 23 heavy (non-hydrogen) atoms. The van der Waals surface area contributed by atoms with Crippen molar-refractivity contribution in [1.82, 2.24) is 19.9 Å². The lowest BCUT2D eigenvalue weighted by atomic mass is 10.1. The van der Waals surface area contributed by atoms with Crippen LogP contribution in [-0.4, -0.2) is 19.9 Å². The fourth-order valence-electron chi connectivity index (χ4n) is 3.02. The summed E-state index contributed by atoms with van der Waals surface area (Å²) in [6, 6.07) is 6.39. The van der Waals surface area contributed by atoms with E-state index >= 15 is 0 Å². The van der Waals surface area contributed by atoms with Gasteiger partial charge in [0.05, 0.1) is 16.9 Å². The molecular formula is C18H20N4O. The summed E-state index contributed by atoms with van der Waals surface area (Å²) in [6.45, 7) is 8.08. The zero-order chi connectivity index (χ0) is 16.1. The Morgan fingerprint density at radius 3 is 2.52 bits per heavy atom. The Hall–Kier alpha value is -2.43. The van der Waals surface area contributed by atoms with Gasteiger partial charge in [-0.3, -0.25) is 0 Å². The molecule has 0 radical (unpaired) electrons. The zero-order valence-corrected chi connectivity index (χ0v) is 13.9. The van der Waals surface area contributed by atoms with Gasteiger partial charge in [0.1, 0.15) is 5.76 Å². The molecule has 0 aliphatic heterocycles. The van der Waals surface area contributed by atoms with E-state index in [0.29, 0.717) is 5.92 Å². The van der Waals surface area contributed by atoms with Gasteiger partial charge in [-0.2, -0.15) is 5.10 Å². The molecule has 0 atom stereocenters. The van der Waals surface area contributed by atoms with Crippen LogP contribution in [0.5, 0.6) is 0 Å². The minimum atomic E-state index is 0.501. The molecule has 3 aromatic rings. The summed E-state index contributed by atoms with van der Waals surface area (Å²) >= 11 is 0. The maximum atomic E-state index is 5.34. The second kappa shape index (κ2) is 5.05. The van der Waals surface area contributed by atoms with Crippen molar-refractivity contribution in [3.05, 3.63) is 46.6 Å². The van der Waals surface area contributed by atoms with Crippen LogP contribution in [0.25, 0.3) is 17.1 Å². The quantitative estimate of drug-likeness (QED) is 0.733. The Bertz CT molecular complexity index is 867. The number of rotatable bonds is 3. The predicted octanol–water partition coefficient (Wildman–Crippen LogP) is 4.03. The summed E-state index contributed by atoms with van der Waals surface area (Å²) in [4.78, 5) is 4.83. The number of nitrogens with zero attached hydrogens (tertiary/aromatic N) is 4. The molecule has 1 fully saturated rings. The molecule has 5 nitrogen and oxygen atoms in total. The van der Waals surface area contributed by atoms with Gasteiger partial charge in [0.25, 0.3) is 0 Å². The first-order valence-corrected chi connectivity index (χ1v) is 8.02. The number of hydrogen-bond donors (Lipinski definition) is 0. The van der Waals surface area contributed by atoms with Crippen molar-refractivity contribution in [2.75, 3.05) is 0 Å². The van der Waals surface area contributed by atoms with E-state index in [1.54, 1.807) is 0 Å². The molecular weight excluding hydrogens is 288 g/mol. The monoisotopic (exact) mass is 308 g/mol. The third-order valence-electron chi connectivity index (χ3n) is 4.40. The van der Waals surface area contributed by atoms with Crippen molar-refractivity contribution in [1.29, 1.82) is 0 Å². The summed E-state index contributed by atoms with van der Waals surface area (Å²) in [6.07, 6.45) is 2.36. The standard InChI is InChI=1S/C18H20N4O/c1-10-5-8-15(11(2)9-10)22-18(16-12(3)21-23-13(16)4)19-17(20-22)14-6-7-14/h5,8-9,14H,6-7H2,1-4H3. The Balaban J connectivity index is 1.95. The van der Waals surface area contributed by atoms with Crippen LogP contribution in [0.3, 0.4) is 0 Å². The van der Waals surface area contributed by atoms with Gasteiger partial charge in [0.2, 0.25) is 0 Å². The van der Waals surface area contributed by atoms with Gasteiger partial charge in [0, 0.05) is 5.92 Å². The van der Waals surface area contributed by atoms with E-state index in [0.717, 1.165) is 34.4 Å². The molecule has 1 aliphatic carbocycles. The van der Waals surface area contributed by atoms with Crippen LogP contribution in [0.2, 0.25) is 0 Å². The molecule has 5 heteroatoms. The Labute approximate surface area is 135 Å². The van der Waals surface area contributed by atoms with Gasteiger partial charge < -0.3 is 4.52 Å². The average Bonchev–Trinajstić information content (AvgIpc) is 3.19. The Morgan fingerprint density at radius 1 is 1.13 bits per heavy atom. The lowest BCUT2D eigenvalue weighted by Crippen LogP contribution is -2.03. The normalized spacial score (nSPS) is 14.4. The topological polar surface area (TPSA) is 56.7 Å². The predicted molar refractivity (Wildman–Crippen MR) is 87.8 cm³/mol. The van der Waals surface area contributed by atoms with E-state index < -0.39 is 0 Å². The fourth-order valence-corrected chi connectivity index (χ4v) is 3.02. The lowest BCUT2D eigenvalue weighted by molar-refractivity contribution is 0.393. The summed E-state index contributed by atoms with van der Waals surface area (Å²) in [5.41, 5.74) is 5.29. The maximum absolute atomic E-state index is 5.34. The summed E-state index contributed by atoms with van der Waals surface area (Å²) in [5, 5.41) is 8.88. The van der Waals surface area contributed by atoms with Crippen LogP contribution in [-0.2, 0) is 0 Å². The van der Waals surface area contributed by atoms with E-state index in [4.69, 9.17) is 14.6 Å². The van der Waals surface area contributed by atoms with E-state index in [1.807, 2.05) is 18.5 Å². The van der Waals surface area contributed by atoms with Gasteiger partial charge in [-0.1, -0.05) is 22.9 Å². The first-order valence-electron chi connectivity index (χ1n) is 8.02. The third kappa shape index (κ3) is 2.36. The lowest BCUT2D eigenvalue weighted by Gasteiger charge is -2.09. The van der Waals surface area contributed by atoms with Gasteiger partial charge >= 0.3 is 0 Å². The highest BCUT2D eigenvalue weighted by Crippen LogP contribution is 2.40. The van der Waals surface area contributed by atoms with Gasteiger partial charge in [-0.05, 0) is 52.2 Å². The SMILES string of the molecule is Cc1ccc(-n2nc(C3CC3)nc2-c2c(C)noc2C)c(C)c1. The van der Waals surface area contributed by atoms with Crippen LogP contribution in [0.4, 0.5) is 0 Å². The number of aryl methyl sites for hydroxylation is 4. The molecule has 0 unspecified atom stereocenters. The average molecular weight is 308 g/mol. The van der Waals surface area contributed by atoms with Crippen LogP contribution < -0.4 is 0 Å². The molecule has 0 spiro atoms. The molecule has 0 saturated heterocycles. The van der Waals surface area contributed by atoms with E-state index in [-0.39, 0.29) is 0 Å². The minimum absolute atomic E-state index is 0.501. The number of aromatic nitrogens is 4. The number of hydrogen-bond acceptors (Lipinski definition) is 4. The van der Waals surface area contributed by atoms with E-state index in [2.05, 4.69) is 37.2 Å². The molecule has 0 bridgehead atoms.